The molecule has 0 fully saturated rings. The average Bonchev–Trinajstić information content (AvgIpc) is 2.95. The average molecular weight is 457 g/mol. The Kier molecular flexibility index (Phi) is 6.50. The van der Waals surface area contributed by atoms with Gasteiger partial charge in [0.15, 0.2) is 0 Å². The molecule has 30 heavy (non-hydrogen) atoms. The zero-order valence-electron chi connectivity index (χ0n) is 17.3. The SMILES string of the molecule is COc1cccc(-c2c(Cl)c3cc(C(F)(F)F)cnc3n2COCC[Si](C)(C)C)c1. The van der Waals surface area contributed by atoms with Crippen LogP contribution >= 0.6 is 11.6 Å². The van der Waals surface area contributed by atoms with Crippen LogP contribution in [0.5, 0.6) is 5.75 Å². The molecular formula is C21H24ClF3N2O2Si. The molecule has 1 aromatic carbocycles. The highest BCUT2D eigenvalue weighted by Crippen LogP contribution is 2.40. The Hall–Kier alpha value is -2.03. The molecule has 0 atom stereocenters. The Labute approximate surface area is 179 Å². The van der Waals surface area contributed by atoms with E-state index in [2.05, 4.69) is 24.6 Å². The van der Waals surface area contributed by atoms with Crippen molar-refractivity contribution >= 4 is 30.7 Å². The second kappa shape index (κ2) is 8.61. The van der Waals surface area contributed by atoms with Crippen molar-refractivity contribution in [2.24, 2.45) is 0 Å². The molecule has 0 radical (unpaired) electrons. The van der Waals surface area contributed by atoms with Gasteiger partial charge in [0.1, 0.15) is 18.1 Å². The molecule has 2 heterocycles. The van der Waals surface area contributed by atoms with E-state index in [4.69, 9.17) is 21.1 Å². The van der Waals surface area contributed by atoms with E-state index >= 15 is 0 Å². The summed E-state index contributed by atoms with van der Waals surface area (Å²) in [6.07, 6.45) is -3.68. The van der Waals surface area contributed by atoms with Crippen molar-refractivity contribution in [1.29, 1.82) is 0 Å². The van der Waals surface area contributed by atoms with Gasteiger partial charge in [-0.2, -0.15) is 13.2 Å². The lowest BCUT2D eigenvalue weighted by Crippen LogP contribution is -2.22. The molecule has 0 aliphatic heterocycles. The van der Waals surface area contributed by atoms with E-state index in [-0.39, 0.29) is 17.1 Å². The molecule has 0 saturated heterocycles. The van der Waals surface area contributed by atoms with Crippen LogP contribution in [-0.2, 0) is 17.6 Å². The number of hydrogen-bond acceptors (Lipinski definition) is 3. The lowest BCUT2D eigenvalue weighted by molar-refractivity contribution is -0.137. The Morgan fingerprint density at radius 2 is 1.90 bits per heavy atom. The minimum absolute atomic E-state index is 0.138. The number of hydrogen-bond donors (Lipinski definition) is 0. The topological polar surface area (TPSA) is 36.3 Å². The van der Waals surface area contributed by atoms with Gasteiger partial charge in [-0.05, 0) is 24.2 Å². The van der Waals surface area contributed by atoms with Gasteiger partial charge in [0.25, 0.3) is 0 Å². The molecule has 2 aromatic heterocycles. The quantitative estimate of drug-likeness (QED) is 0.293. The van der Waals surface area contributed by atoms with Gasteiger partial charge in [-0.1, -0.05) is 43.4 Å². The molecule has 162 valence electrons. The molecule has 3 rings (SSSR count). The smallest absolute Gasteiger partial charge is 0.417 e. The first-order valence-electron chi connectivity index (χ1n) is 9.48. The summed E-state index contributed by atoms with van der Waals surface area (Å²) in [4.78, 5) is 4.08. The van der Waals surface area contributed by atoms with E-state index < -0.39 is 19.8 Å². The molecule has 0 aliphatic carbocycles. The summed E-state index contributed by atoms with van der Waals surface area (Å²) in [6.45, 7) is 7.45. The van der Waals surface area contributed by atoms with Gasteiger partial charge in [0.05, 0.1) is 23.4 Å². The maximum absolute atomic E-state index is 13.2. The van der Waals surface area contributed by atoms with Gasteiger partial charge >= 0.3 is 6.18 Å². The summed E-state index contributed by atoms with van der Waals surface area (Å²) >= 11 is 6.58. The molecule has 0 N–H and O–H groups in total. The summed E-state index contributed by atoms with van der Waals surface area (Å²) < 4.78 is 52.5. The molecular weight excluding hydrogens is 433 g/mol. The van der Waals surface area contributed by atoms with Crippen LogP contribution in [0.3, 0.4) is 0 Å². The summed E-state index contributed by atoms with van der Waals surface area (Å²) in [5.41, 5.74) is 0.759. The first-order valence-corrected chi connectivity index (χ1v) is 13.6. The van der Waals surface area contributed by atoms with E-state index in [1.165, 1.54) is 0 Å². The molecule has 9 heteroatoms. The van der Waals surface area contributed by atoms with Gasteiger partial charge in [-0.3, -0.25) is 4.57 Å². The van der Waals surface area contributed by atoms with Crippen LogP contribution in [0.2, 0.25) is 30.7 Å². The van der Waals surface area contributed by atoms with Crippen LogP contribution in [0.15, 0.2) is 36.5 Å². The van der Waals surface area contributed by atoms with Gasteiger partial charge in [-0.15, -0.1) is 0 Å². The van der Waals surface area contributed by atoms with E-state index in [1.807, 2.05) is 6.07 Å². The van der Waals surface area contributed by atoms with Crippen molar-refractivity contribution in [3.8, 4) is 17.0 Å². The summed E-state index contributed by atoms with van der Waals surface area (Å²) in [6, 6.07) is 9.20. The highest BCUT2D eigenvalue weighted by molar-refractivity contribution is 6.76. The minimum Gasteiger partial charge on any atom is -0.497 e. The molecule has 0 aliphatic rings. The summed E-state index contributed by atoms with van der Waals surface area (Å²) in [7, 11) is 0.269. The maximum Gasteiger partial charge on any atom is 0.417 e. The number of alkyl halides is 3. The number of fused-ring (bicyclic) bond motifs is 1. The lowest BCUT2D eigenvalue weighted by Gasteiger charge is -2.17. The largest absolute Gasteiger partial charge is 0.497 e. The van der Waals surface area contributed by atoms with Crippen LogP contribution < -0.4 is 4.74 Å². The number of halogens is 4. The van der Waals surface area contributed by atoms with Crippen LogP contribution in [0, 0.1) is 0 Å². The fraction of sp³-hybridized carbons (Fsp3) is 0.381. The third-order valence-corrected chi connectivity index (χ3v) is 6.81. The Morgan fingerprint density at radius 1 is 1.17 bits per heavy atom. The Balaban J connectivity index is 2.10. The molecule has 3 aromatic rings. The van der Waals surface area contributed by atoms with E-state index in [1.54, 1.807) is 29.9 Å². The number of rotatable bonds is 7. The monoisotopic (exact) mass is 456 g/mol. The predicted octanol–water partition coefficient (Wildman–Crippen LogP) is 6.70. The van der Waals surface area contributed by atoms with Crippen LogP contribution in [0.1, 0.15) is 5.56 Å². The molecule has 0 unspecified atom stereocenters. The maximum atomic E-state index is 13.2. The van der Waals surface area contributed by atoms with Crippen molar-refractivity contribution in [2.75, 3.05) is 13.7 Å². The van der Waals surface area contributed by atoms with Crippen molar-refractivity contribution in [3.63, 3.8) is 0 Å². The van der Waals surface area contributed by atoms with E-state index in [0.717, 1.165) is 18.3 Å². The first-order chi connectivity index (χ1) is 14.0. The standard InChI is InChI=1S/C21H24ClF3N2O2Si/c1-28-16-7-5-6-14(10-16)19-18(22)17-11-15(21(23,24)25)12-26-20(17)27(19)13-29-8-9-30(2,3)4/h5-7,10-12H,8-9,13H2,1-4H3. The van der Waals surface area contributed by atoms with Crippen molar-refractivity contribution < 1.29 is 22.6 Å². The predicted molar refractivity (Wildman–Crippen MR) is 116 cm³/mol. The summed E-state index contributed by atoms with van der Waals surface area (Å²) in [5, 5.41) is 0.434. The zero-order chi connectivity index (χ0) is 22.1. The number of ether oxygens (including phenoxy) is 2. The highest BCUT2D eigenvalue weighted by Gasteiger charge is 2.32. The number of aromatic nitrogens is 2. The molecule has 0 saturated carbocycles. The van der Waals surface area contributed by atoms with Gasteiger partial charge in [0, 0.05) is 31.8 Å². The third kappa shape index (κ3) is 4.99. The number of pyridine rings is 1. The fourth-order valence-electron chi connectivity index (χ4n) is 3.05. The fourth-order valence-corrected chi connectivity index (χ4v) is 4.16. The second-order valence-corrected chi connectivity index (χ2v) is 14.3. The lowest BCUT2D eigenvalue weighted by atomic mass is 10.1. The number of nitrogens with zero attached hydrogens (tertiary/aromatic N) is 2. The van der Waals surface area contributed by atoms with Crippen LogP contribution in [0.4, 0.5) is 13.2 Å². The Morgan fingerprint density at radius 3 is 2.53 bits per heavy atom. The van der Waals surface area contributed by atoms with Gasteiger partial charge in [0.2, 0.25) is 0 Å². The number of benzene rings is 1. The number of methoxy groups -OCH3 is 1. The normalized spacial score (nSPS) is 12.5. The summed E-state index contributed by atoms with van der Waals surface area (Å²) in [5.74, 6) is 0.615. The second-order valence-electron chi connectivity index (χ2n) is 8.26. The van der Waals surface area contributed by atoms with Crippen LogP contribution in [0.25, 0.3) is 22.3 Å². The molecule has 0 bridgehead atoms. The van der Waals surface area contributed by atoms with Crippen molar-refractivity contribution in [1.82, 2.24) is 9.55 Å². The highest BCUT2D eigenvalue weighted by atomic mass is 35.5. The zero-order valence-corrected chi connectivity index (χ0v) is 19.1. The third-order valence-electron chi connectivity index (χ3n) is 4.72. The van der Waals surface area contributed by atoms with Crippen LogP contribution in [-0.4, -0.2) is 31.3 Å². The molecule has 0 amide bonds. The van der Waals surface area contributed by atoms with E-state index in [0.29, 0.717) is 29.3 Å². The minimum atomic E-state index is -4.50. The Bertz CT molecular complexity index is 1050. The van der Waals surface area contributed by atoms with Gasteiger partial charge in [-0.25, -0.2) is 4.98 Å². The molecule has 4 nitrogen and oxygen atoms in total. The molecule has 0 spiro atoms. The van der Waals surface area contributed by atoms with Crippen molar-refractivity contribution in [3.05, 3.63) is 47.1 Å². The van der Waals surface area contributed by atoms with Crippen molar-refractivity contribution in [2.45, 2.75) is 38.6 Å². The van der Waals surface area contributed by atoms with Gasteiger partial charge < -0.3 is 9.47 Å². The first kappa shape index (κ1) is 22.6. The van der Waals surface area contributed by atoms with E-state index in [9.17, 15) is 13.2 Å².